The second-order valence-corrected chi connectivity index (χ2v) is 4.72. The Morgan fingerprint density at radius 2 is 2.10 bits per heavy atom. The number of hydrogen-bond donors (Lipinski definition) is 2. The van der Waals surface area contributed by atoms with Crippen LogP contribution >= 0.6 is 15.9 Å². The number of amides is 1. The lowest BCUT2D eigenvalue weighted by Gasteiger charge is -2.07. The predicted octanol–water partition coefficient (Wildman–Crippen LogP) is 1.59. The van der Waals surface area contributed by atoms with Crippen molar-refractivity contribution in [3.63, 3.8) is 0 Å². The van der Waals surface area contributed by atoms with Crippen molar-refractivity contribution in [3.05, 3.63) is 28.2 Å². The molecule has 0 spiro atoms. The molecule has 1 amide bonds. The Hall–Kier alpha value is -2.02. The molecule has 0 fully saturated rings. The number of aromatic hydroxyl groups is 1. The zero-order chi connectivity index (χ0) is 15.3. The van der Waals surface area contributed by atoms with Crippen LogP contribution in [0.1, 0.15) is 12.5 Å². The lowest BCUT2D eigenvalue weighted by Crippen LogP contribution is -2.29. The molecular weight excluding hydrogens is 330 g/mol. The largest absolute Gasteiger partial charge is 0.503 e. The van der Waals surface area contributed by atoms with Crippen molar-refractivity contribution in [2.45, 2.75) is 13.0 Å². The van der Waals surface area contributed by atoms with E-state index in [-0.39, 0.29) is 11.5 Å². The van der Waals surface area contributed by atoms with Gasteiger partial charge < -0.3 is 20.3 Å². The Morgan fingerprint density at radius 3 is 2.65 bits per heavy atom. The minimum absolute atomic E-state index is 0.0328. The highest BCUT2D eigenvalue weighted by molar-refractivity contribution is 9.10. The van der Waals surface area contributed by atoms with Gasteiger partial charge in [0.1, 0.15) is 0 Å². The van der Waals surface area contributed by atoms with Gasteiger partial charge in [-0.25, -0.2) is 4.79 Å². The number of methoxy groups -OCH3 is 1. The summed E-state index contributed by atoms with van der Waals surface area (Å²) >= 11 is 3.16. The molecule has 1 rings (SSSR count). The molecule has 0 saturated carbocycles. The van der Waals surface area contributed by atoms with Crippen LogP contribution in [-0.4, -0.2) is 30.2 Å². The maximum atomic E-state index is 11.4. The third-order valence-electron chi connectivity index (χ3n) is 2.38. The first-order valence-corrected chi connectivity index (χ1v) is 6.39. The number of halogens is 1. The normalized spacial score (nSPS) is 12.2. The van der Waals surface area contributed by atoms with Gasteiger partial charge in [0, 0.05) is 6.08 Å². The highest BCUT2D eigenvalue weighted by atomic mass is 79.9. The summed E-state index contributed by atoms with van der Waals surface area (Å²) in [6, 6.07) is 3.14. The standard InChI is InChI=1S/C13H14BrNO5/c1-7(13(15)18)20-11(16)4-3-8-5-9(14)12(17)10(6-8)19-2/h3-7,17H,1-2H3,(H2,15,18)/b4-3+/t7-/m0/s1. The van der Waals surface area contributed by atoms with Gasteiger partial charge in [0.25, 0.3) is 5.91 Å². The molecule has 0 heterocycles. The second kappa shape index (κ2) is 6.95. The molecule has 108 valence electrons. The number of ether oxygens (including phenoxy) is 2. The van der Waals surface area contributed by atoms with Crippen LogP contribution in [0.25, 0.3) is 6.08 Å². The molecule has 7 heteroatoms. The number of carbonyl (C=O) groups excluding carboxylic acids is 2. The summed E-state index contributed by atoms with van der Waals surface area (Å²) < 4.78 is 10.2. The van der Waals surface area contributed by atoms with Gasteiger partial charge in [0.05, 0.1) is 11.6 Å². The van der Waals surface area contributed by atoms with Crippen molar-refractivity contribution in [3.8, 4) is 11.5 Å². The first-order chi connectivity index (χ1) is 9.35. The van der Waals surface area contributed by atoms with E-state index in [1.54, 1.807) is 12.1 Å². The highest BCUT2D eigenvalue weighted by Crippen LogP contribution is 2.35. The van der Waals surface area contributed by atoms with Crippen LogP contribution in [0.2, 0.25) is 0 Å². The summed E-state index contributed by atoms with van der Waals surface area (Å²) in [4.78, 5) is 22.2. The third-order valence-corrected chi connectivity index (χ3v) is 2.98. The van der Waals surface area contributed by atoms with E-state index < -0.39 is 18.0 Å². The zero-order valence-electron chi connectivity index (χ0n) is 10.9. The fourth-order valence-electron chi connectivity index (χ4n) is 1.28. The van der Waals surface area contributed by atoms with Crippen LogP contribution in [0.3, 0.4) is 0 Å². The molecule has 0 aliphatic heterocycles. The highest BCUT2D eigenvalue weighted by Gasteiger charge is 2.12. The van der Waals surface area contributed by atoms with Crippen LogP contribution in [0.15, 0.2) is 22.7 Å². The SMILES string of the molecule is COc1cc(/C=C/C(=O)O[C@@H](C)C(N)=O)cc(Br)c1O. The van der Waals surface area contributed by atoms with Gasteiger partial charge in [-0.05, 0) is 46.6 Å². The Labute approximate surface area is 124 Å². The predicted molar refractivity (Wildman–Crippen MR) is 76.1 cm³/mol. The van der Waals surface area contributed by atoms with E-state index in [9.17, 15) is 14.7 Å². The molecule has 0 aliphatic rings. The van der Waals surface area contributed by atoms with Crippen molar-refractivity contribution in [1.29, 1.82) is 0 Å². The summed E-state index contributed by atoms with van der Waals surface area (Å²) in [6.45, 7) is 1.38. The maximum absolute atomic E-state index is 11.4. The molecule has 3 N–H and O–H groups in total. The average Bonchev–Trinajstić information content (AvgIpc) is 2.39. The summed E-state index contributed by atoms with van der Waals surface area (Å²) in [5.41, 5.74) is 5.58. The molecule has 1 aromatic rings. The van der Waals surface area contributed by atoms with Crippen molar-refractivity contribution >= 4 is 33.9 Å². The lowest BCUT2D eigenvalue weighted by molar-refractivity contribution is -0.148. The first-order valence-electron chi connectivity index (χ1n) is 5.59. The second-order valence-electron chi connectivity index (χ2n) is 3.87. The molecule has 6 nitrogen and oxygen atoms in total. The maximum Gasteiger partial charge on any atom is 0.331 e. The number of phenolic OH excluding ortho intramolecular Hbond substituents is 1. The zero-order valence-corrected chi connectivity index (χ0v) is 12.5. The number of benzene rings is 1. The fourth-order valence-corrected chi connectivity index (χ4v) is 1.74. The number of phenols is 1. The molecule has 0 bridgehead atoms. The Morgan fingerprint density at radius 1 is 1.45 bits per heavy atom. The van der Waals surface area contributed by atoms with Gasteiger partial charge in [-0.3, -0.25) is 4.79 Å². The monoisotopic (exact) mass is 343 g/mol. The van der Waals surface area contributed by atoms with Gasteiger partial charge in [-0.15, -0.1) is 0 Å². The smallest absolute Gasteiger partial charge is 0.331 e. The first kappa shape index (κ1) is 16.0. The number of esters is 1. The van der Waals surface area contributed by atoms with E-state index in [1.165, 1.54) is 20.1 Å². The molecule has 0 aromatic heterocycles. The van der Waals surface area contributed by atoms with Gasteiger partial charge in [-0.2, -0.15) is 0 Å². The lowest BCUT2D eigenvalue weighted by atomic mass is 10.2. The quantitative estimate of drug-likeness (QED) is 0.624. The van der Waals surface area contributed by atoms with Gasteiger partial charge in [0.2, 0.25) is 0 Å². The van der Waals surface area contributed by atoms with Crippen molar-refractivity contribution < 1.29 is 24.2 Å². The van der Waals surface area contributed by atoms with Crippen LogP contribution in [0, 0.1) is 0 Å². The number of primary amides is 1. The molecular formula is C13H14BrNO5. The van der Waals surface area contributed by atoms with Crippen molar-refractivity contribution in [2.75, 3.05) is 7.11 Å². The van der Waals surface area contributed by atoms with Gasteiger partial charge in [-0.1, -0.05) is 0 Å². The molecule has 0 aliphatic carbocycles. The molecule has 0 saturated heterocycles. The Bertz CT molecular complexity index is 556. The Kier molecular flexibility index (Phi) is 5.57. The van der Waals surface area contributed by atoms with E-state index in [2.05, 4.69) is 15.9 Å². The van der Waals surface area contributed by atoms with E-state index in [0.29, 0.717) is 10.0 Å². The Balaban J connectivity index is 2.83. The molecule has 1 aromatic carbocycles. The summed E-state index contributed by atoms with van der Waals surface area (Å²) in [5, 5.41) is 9.64. The molecule has 1 atom stereocenters. The molecule has 0 unspecified atom stereocenters. The number of carbonyl (C=O) groups is 2. The van der Waals surface area contributed by atoms with E-state index in [4.69, 9.17) is 15.2 Å². The number of nitrogens with two attached hydrogens (primary N) is 1. The molecule has 0 radical (unpaired) electrons. The van der Waals surface area contributed by atoms with Crippen LogP contribution in [0.5, 0.6) is 11.5 Å². The van der Waals surface area contributed by atoms with Crippen LogP contribution < -0.4 is 10.5 Å². The third kappa shape index (κ3) is 4.27. The number of rotatable bonds is 5. The van der Waals surface area contributed by atoms with Crippen LogP contribution in [0.4, 0.5) is 0 Å². The molecule has 20 heavy (non-hydrogen) atoms. The summed E-state index contributed by atoms with van der Waals surface area (Å²) in [6.07, 6.45) is 1.62. The van der Waals surface area contributed by atoms with E-state index in [0.717, 1.165) is 6.08 Å². The summed E-state index contributed by atoms with van der Waals surface area (Å²) in [7, 11) is 1.41. The average molecular weight is 344 g/mol. The van der Waals surface area contributed by atoms with Gasteiger partial charge >= 0.3 is 5.97 Å². The van der Waals surface area contributed by atoms with Crippen molar-refractivity contribution in [2.24, 2.45) is 5.73 Å². The van der Waals surface area contributed by atoms with E-state index >= 15 is 0 Å². The number of hydrogen-bond acceptors (Lipinski definition) is 5. The minimum atomic E-state index is -0.992. The fraction of sp³-hybridized carbons (Fsp3) is 0.231. The van der Waals surface area contributed by atoms with Crippen molar-refractivity contribution in [1.82, 2.24) is 0 Å². The summed E-state index contributed by atoms with van der Waals surface area (Å²) in [5.74, 6) is -1.19. The van der Waals surface area contributed by atoms with Gasteiger partial charge in [0.15, 0.2) is 17.6 Å². The minimum Gasteiger partial charge on any atom is -0.503 e. The van der Waals surface area contributed by atoms with E-state index in [1.807, 2.05) is 0 Å². The van der Waals surface area contributed by atoms with Crippen LogP contribution in [-0.2, 0) is 14.3 Å². The topological polar surface area (TPSA) is 98.9 Å².